The van der Waals surface area contributed by atoms with Gasteiger partial charge in [-0.05, 0) is 5.56 Å². The van der Waals surface area contributed by atoms with Gasteiger partial charge in [0.15, 0.2) is 5.79 Å². The van der Waals surface area contributed by atoms with Gasteiger partial charge in [0.05, 0.1) is 13.2 Å². The molecule has 2 atom stereocenters. The normalized spacial score (nSPS) is 28.8. The van der Waals surface area contributed by atoms with Gasteiger partial charge in [-0.2, -0.15) is 0 Å². The molecule has 1 amide bonds. The van der Waals surface area contributed by atoms with Gasteiger partial charge in [0.2, 0.25) is 0 Å². The molecule has 23 heavy (non-hydrogen) atoms. The highest BCUT2D eigenvalue weighted by Gasteiger charge is 2.56. The molecule has 0 radical (unpaired) electrons. The quantitative estimate of drug-likeness (QED) is 0.888. The van der Waals surface area contributed by atoms with E-state index in [2.05, 4.69) is 5.32 Å². The minimum Gasteiger partial charge on any atom is -0.445 e. The van der Waals surface area contributed by atoms with E-state index in [0.717, 1.165) is 18.7 Å². The molecule has 124 valence electrons. The Kier molecular flexibility index (Phi) is 3.97. The first kappa shape index (κ1) is 14.9. The van der Waals surface area contributed by atoms with Crippen LogP contribution in [0.25, 0.3) is 0 Å². The van der Waals surface area contributed by atoms with Crippen LogP contribution in [0.3, 0.4) is 0 Å². The second-order valence-electron chi connectivity index (χ2n) is 6.42. The minimum absolute atomic E-state index is 0.154. The summed E-state index contributed by atoms with van der Waals surface area (Å²) in [4.78, 5) is 14.2. The first-order valence-corrected chi connectivity index (χ1v) is 8.22. The number of carbonyl (C=O) groups excluding carboxylic acids is 1. The molecule has 6 nitrogen and oxygen atoms in total. The van der Waals surface area contributed by atoms with Crippen molar-refractivity contribution in [1.29, 1.82) is 0 Å². The van der Waals surface area contributed by atoms with E-state index in [4.69, 9.17) is 14.2 Å². The van der Waals surface area contributed by atoms with Gasteiger partial charge >= 0.3 is 6.09 Å². The number of hydrogen-bond donors (Lipinski definition) is 1. The van der Waals surface area contributed by atoms with E-state index in [-0.39, 0.29) is 17.9 Å². The van der Waals surface area contributed by atoms with Gasteiger partial charge < -0.3 is 24.4 Å². The van der Waals surface area contributed by atoms with E-state index in [1.807, 2.05) is 30.3 Å². The Morgan fingerprint density at radius 1 is 1.17 bits per heavy atom. The Morgan fingerprint density at radius 2 is 1.83 bits per heavy atom. The fourth-order valence-electron chi connectivity index (χ4n) is 3.91. The van der Waals surface area contributed by atoms with Crippen molar-refractivity contribution in [2.75, 3.05) is 39.4 Å². The van der Waals surface area contributed by atoms with Crippen LogP contribution in [0.2, 0.25) is 0 Å². The van der Waals surface area contributed by atoms with Crippen molar-refractivity contribution < 1.29 is 19.0 Å². The monoisotopic (exact) mass is 318 g/mol. The standard InChI is InChI=1S/C17H22N2O4/c20-16(21-12-13-4-2-1-3-5-13)19-10-14-8-18-9-15(11-19)17(14)22-6-7-23-17/h1-5,14-15,18H,6-12H2. The molecule has 1 aromatic carbocycles. The first-order chi connectivity index (χ1) is 11.3. The molecule has 4 rings (SSSR count). The Balaban J connectivity index is 1.40. The van der Waals surface area contributed by atoms with Crippen LogP contribution < -0.4 is 5.32 Å². The molecule has 6 heteroatoms. The Bertz CT molecular complexity index is 543. The van der Waals surface area contributed by atoms with Gasteiger partial charge in [-0.25, -0.2) is 4.79 Å². The van der Waals surface area contributed by atoms with E-state index in [9.17, 15) is 4.79 Å². The lowest BCUT2D eigenvalue weighted by atomic mass is 9.79. The highest BCUT2D eigenvalue weighted by Crippen LogP contribution is 2.41. The maximum Gasteiger partial charge on any atom is 0.410 e. The Labute approximate surface area is 135 Å². The largest absolute Gasteiger partial charge is 0.445 e. The lowest BCUT2D eigenvalue weighted by Gasteiger charge is -2.51. The summed E-state index contributed by atoms with van der Waals surface area (Å²) in [5.74, 6) is -0.190. The molecular weight excluding hydrogens is 296 g/mol. The van der Waals surface area contributed by atoms with Crippen LogP contribution in [0.1, 0.15) is 5.56 Å². The van der Waals surface area contributed by atoms with Crippen LogP contribution in [-0.2, 0) is 20.8 Å². The topological polar surface area (TPSA) is 60.0 Å². The number of piperidine rings is 2. The summed E-state index contributed by atoms with van der Waals surface area (Å²) in [6.07, 6.45) is -0.251. The smallest absolute Gasteiger partial charge is 0.410 e. The van der Waals surface area contributed by atoms with Gasteiger partial charge in [-0.3, -0.25) is 0 Å². The van der Waals surface area contributed by atoms with Crippen molar-refractivity contribution in [3.63, 3.8) is 0 Å². The third kappa shape index (κ3) is 2.71. The summed E-state index contributed by atoms with van der Waals surface area (Å²) in [5.41, 5.74) is 0.999. The Morgan fingerprint density at radius 3 is 2.48 bits per heavy atom. The maximum atomic E-state index is 12.4. The second kappa shape index (κ2) is 6.11. The van der Waals surface area contributed by atoms with Crippen LogP contribution in [0, 0.1) is 11.8 Å². The van der Waals surface area contributed by atoms with Crippen molar-refractivity contribution in [3.8, 4) is 0 Å². The van der Waals surface area contributed by atoms with Gasteiger partial charge in [0.25, 0.3) is 0 Å². The number of carbonyl (C=O) groups is 1. The summed E-state index contributed by atoms with van der Waals surface area (Å²) in [6, 6.07) is 9.75. The predicted octanol–water partition coefficient (Wildman–Crippen LogP) is 1.22. The SMILES string of the molecule is O=C(OCc1ccccc1)N1CC2CNCC(C1)C21OCCO1. The van der Waals surface area contributed by atoms with Crippen molar-refractivity contribution in [3.05, 3.63) is 35.9 Å². The molecule has 1 aromatic rings. The molecular formula is C17H22N2O4. The molecule has 2 unspecified atom stereocenters. The Hall–Kier alpha value is -1.63. The molecule has 3 fully saturated rings. The average molecular weight is 318 g/mol. The number of amides is 1. The first-order valence-electron chi connectivity index (χ1n) is 8.22. The zero-order valence-electron chi connectivity index (χ0n) is 13.1. The lowest BCUT2D eigenvalue weighted by Crippen LogP contribution is -2.67. The molecule has 1 N–H and O–H groups in total. The number of nitrogens with zero attached hydrogens (tertiary/aromatic N) is 1. The average Bonchev–Trinajstić information content (AvgIpc) is 3.03. The maximum absolute atomic E-state index is 12.4. The molecule has 0 aliphatic carbocycles. The fraction of sp³-hybridized carbons (Fsp3) is 0.588. The molecule has 2 bridgehead atoms. The predicted molar refractivity (Wildman–Crippen MR) is 82.7 cm³/mol. The summed E-state index contributed by atoms with van der Waals surface area (Å²) >= 11 is 0. The highest BCUT2D eigenvalue weighted by atomic mass is 16.7. The van der Waals surface area contributed by atoms with E-state index in [0.29, 0.717) is 32.9 Å². The van der Waals surface area contributed by atoms with E-state index in [1.165, 1.54) is 0 Å². The highest BCUT2D eigenvalue weighted by molar-refractivity contribution is 5.68. The number of likely N-dealkylation sites (tertiary alicyclic amines) is 1. The van der Waals surface area contributed by atoms with Crippen LogP contribution >= 0.6 is 0 Å². The molecule has 0 saturated carbocycles. The summed E-state index contributed by atoms with van der Waals surface area (Å²) in [5, 5.41) is 3.42. The van der Waals surface area contributed by atoms with Crippen LogP contribution in [0.5, 0.6) is 0 Å². The summed E-state index contributed by atoms with van der Waals surface area (Å²) in [6.45, 7) is 4.42. The van der Waals surface area contributed by atoms with Crippen molar-refractivity contribution in [1.82, 2.24) is 10.2 Å². The fourth-order valence-corrected chi connectivity index (χ4v) is 3.91. The third-order valence-corrected chi connectivity index (χ3v) is 5.00. The van der Waals surface area contributed by atoms with Crippen LogP contribution in [0.15, 0.2) is 30.3 Å². The minimum atomic E-state index is -0.499. The van der Waals surface area contributed by atoms with Crippen molar-refractivity contribution in [2.24, 2.45) is 11.8 Å². The molecule has 3 heterocycles. The van der Waals surface area contributed by atoms with Gasteiger partial charge in [0, 0.05) is 38.0 Å². The molecule has 3 saturated heterocycles. The third-order valence-electron chi connectivity index (χ3n) is 5.00. The van der Waals surface area contributed by atoms with Crippen LogP contribution in [-0.4, -0.2) is 56.2 Å². The molecule has 0 aromatic heterocycles. The number of ether oxygens (including phenoxy) is 3. The number of hydrogen-bond acceptors (Lipinski definition) is 5. The summed E-state index contributed by atoms with van der Waals surface area (Å²) < 4.78 is 17.4. The van der Waals surface area contributed by atoms with E-state index < -0.39 is 5.79 Å². The van der Waals surface area contributed by atoms with Gasteiger partial charge in [-0.15, -0.1) is 0 Å². The summed E-state index contributed by atoms with van der Waals surface area (Å²) in [7, 11) is 0. The van der Waals surface area contributed by atoms with Gasteiger partial charge in [-0.1, -0.05) is 30.3 Å². The number of rotatable bonds is 2. The number of nitrogens with one attached hydrogen (secondary N) is 1. The molecule has 1 spiro atoms. The van der Waals surface area contributed by atoms with Crippen molar-refractivity contribution >= 4 is 6.09 Å². The van der Waals surface area contributed by atoms with Crippen molar-refractivity contribution in [2.45, 2.75) is 12.4 Å². The van der Waals surface area contributed by atoms with Gasteiger partial charge in [0.1, 0.15) is 6.61 Å². The zero-order valence-corrected chi connectivity index (χ0v) is 13.1. The zero-order chi connectivity index (χ0) is 15.7. The van der Waals surface area contributed by atoms with E-state index >= 15 is 0 Å². The number of benzene rings is 1. The van der Waals surface area contributed by atoms with E-state index in [1.54, 1.807) is 4.90 Å². The molecule has 3 aliphatic heterocycles. The lowest BCUT2D eigenvalue weighted by molar-refractivity contribution is -0.259. The van der Waals surface area contributed by atoms with Crippen LogP contribution in [0.4, 0.5) is 4.79 Å². The molecule has 3 aliphatic rings. The second-order valence-corrected chi connectivity index (χ2v) is 6.42.